The molecular formula is C16H17N3OS3. The molecule has 1 atom stereocenters. The lowest BCUT2D eigenvalue weighted by molar-refractivity contribution is -0.121. The van der Waals surface area contributed by atoms with Crippen LogP contribution >= 0.6 is 34.0 Å². The summed E-state index contributed by atoms with van der Waals surface area (Å²) >= 11 is 4.83. The van der Waals surface area contributed by atoms with Crippen LogP contribution < -0.4 is 5.32 Å². The highest BCUT2D eigenvalue weighted by Gasteiger charge is 2.19. The van der Waals surface area contributed by atoms with Gasteiger partial charge in [0.05, 0.1) is 23.2 Å². The van der Waals surface area contributed by atoms with E-state index in [1.165, 1.54) is 5.56 Å². The van der Waals surface area contributed by atoms with Gasteiger partial charge in [-0.3, -0.25) is 4.79 Å². The Hall–Kier alpha value is -1.57. The molecular weight excluding hydrogens is 346 g/mol. The Balaban J connectivity index is 1.71. The minimum Gasteiger partial charge on any atom is -0.346 e. The fourth-order valence-electron chi connectivity index (χ4n) is 2.28. The zero-order chi connectivity index (χ0) is 16.2. The molecule has 0 saturated carbocycles. The van der Waals surface area contributed by atoms with Crippen LogP contribution in [0.4, 0.5) is 0 Å². The number of carbonyl (C=O) groups excluding carboxylic acids is 1. The van der Waals surface area contributed by atoms with Gasteiger partial charge in [-0.15, -0.1) is 22.7 Å². The summed E-state index contributed by atoms with van der Waals surface area (Å²) in [4.78, 5) is 21.3. The summed E-state index contributed by atoms with van der Waals surface area (Å²) in [6.07, 6.45) is 1.08. The summed E-state index contributed by atoms with van der Waals surface area (Å²) in [5, 5.41) is 13.2. The zero-order valence-electron chi connectivity index (χ0n) is 12.9. The molecule has 1 N–H and O–H groups in total. The SMILES string of the molecule is Cc1csc([C@@H](Cc2ccsc2)NC(=O)Cc2csc(C)n2)n1. The zero-order valence-corrected chi connectivity index (χ0v) is 15.4. The van der Waals surface area contributed by atoms with Crippen molar-refractivity contribution in [1.29, 1.82) is 0 Å². The van der Waals surface area contributed by atoms with Crippen molar-refractivity contribution in [2.75, 3.05) is 0 Å². The van der Waals surface area contributed by atoms with Crippen LogP contribution in [0, 0.1) is 13.8 Å². The number of thiazole rings is 2. The lowest BCUT2D eigenvalue weighted by Gasteiger charge is -2.16. The molecule has 0 aliphatic carbocycles. The first kappa shape index (κ1) is 16.3. The number of aromatic nitrogens is 2. The van der Waals surface area contributed by atoms with Gasteiger partial charge < -0.3 is 5.32 Å². The lowest BCUT2D eigenvalue weighted by atomic mass is 10.1. The molecule has 0 unspecified atom stereocenters. The molecule has 0 fully saturated rings. The normalized spacial score (nSPS) is 12.3. The first-order valence-corrected chi connectivity index (χ1v) is 9.94. The van der Waals surface area contributed by atoms with E-state index in [9.17, 15) is 4.79 Å². The Labute approximate surface area is 147 Å². The van der Waals surface area contributed by atoms with Gasteiger partial charge in [-0.25, -0.2) is 9.97 Å². The van der Waals surface area contributed by atoms with Crippen molar-refractivity contribution in [2.45, 2.75) is 32.7 Å². The average molecular weight is 364 g/mol. The molecule has 0 spiro atoms. The van der Waals surface area contributed by atoms with Crippen LogP contribution in [0.3, 0.4) is 0 Å². The average Bonchev–Trinajstić information content (AvgIpc) is 3.22. The van der Waals surface area contributed by atoms with E-state index >= 15 is 0 Å². The van der Waals surface area contributed by atoms with E-state index in [-0.39, 0.29) is 11.9 Å². The fourth-order valence-corrected chi connectivity index (χ4v) is 4.42. The Morgan fingerprint density at radius 1 is 1.22 bits per heavy atom. The quantitative estimate of drug-likeness (QED) is 0.722. The van der Waals surface area contributed by atoms with Crippen LogP contribution in [0.25, 0.3) is 0 Å². The summed E-state index contributed by atoms with van der Waals surface area (Å²) in [6.45, 7) is 3.92. The summed E-state index contributed by atoms with van der Waals surface area (Å²) in [7, 11) is 0. The van der Waals surface area contributed by atoms with Gasteiger partial charge in [0.2, 0.25) is 5.91 Å². The van der Waals surface area contributed by atoms with E-state index in [0.29, 0.717) is 6.42 Å². The van der Waals surface area contributed by atoms with E-state index in [0.717, 1.165) is 27.8 Å². The smallest absolute Gasteiger partial charge is 0.226 e. The highest BCUT2D eigenvalue weighted by Crippen LogP contribution is 2.23. The molecule has 23 heavy (non-hydrogen) atoms. The van der Waals surface area contributed by atoms with Crippen LogP contribution in [0.15, 0.2) is 27.6 Å². The second kappa shape index (κ2) is 7.33. The molecule has 3 rings (SSSR count). The van der Waals surface area contributed by atoms with Gasteiger partial charge in [0.25, 0.3) is 0 Å². The highest BCUT2D eigenvalue weighted by molar-refractivity contribution is 7.10. The summed E-state index contributed by atoms with van der Waals surface area (Å²) < 4.78 is 0. The van der Waals surface area contributed by atoms with Crippen molar-refractivity contribution in [3.05, 3.63) is 54.6 Å². The number of nitrogens with one attached hydrogen (secondary N) is 1. The third kappa shape index (κ3) is 4.46. The molecule has 1 amide bonds. The number of thiophene rings is 1. The number of hydrogen-bond donors (Lipinski definition) is 1. The van der Waals surface area contributed by atoms with Gasteiger partial charge in [0.1, 0.15) is 5.01 Å². The van der Waals surface area contributed by atoms with Gasteiger partial charge in [0, 0.05) is 22.9 Å². The monoisotopic (exact) mass is 363 g/mol. The summed E-state index contributed by atoms with van der Waals surface area (Å²) in [5.41, 5.74) is 3.04. The van der Waals surface area contributed by atoms with Crippen molar-refractivity contribution in [2.24, 2.45) is 0 Å². The second-order valence-corrected chi connectivity index (χ2v) is 8.05. The Morgan fingerprint density at radius 2 is 2.09 bits per heavy atom. The van der Waals surface area contributed by atoms with Gasteiger partial charge in [0.15, 0.2) is 0 Å². The second-order valence-electron chi connectivity index (χ2n) is 5.32. The standard InChI is InChI=1S/C16H17N3OS3/c1-10-7-23-16(17-10)14(5-12-3-4-21-8-12)19-15(20)6-13-9-22-11(2)18-13/h3-4,7-9,14H,5-6H2,1-2H3,(H,19,20)/t14-/m1/s1. The molecule has 7 heteroatoms. The molecule has 0 aromatic carbocycles. The van der Waals surface area contributed by atoms with E-state index in [4.69, 9.17) is 0 Å². The maximum Gasteiger partial charge on any atom is 0.226 e. The maximum atomic E-state index is 12.4. The van der Waals surface area contributed by atoms with Crippen LogP contribution in [0.2, 0.25) is 0 Å². The van der Waals surface area contributed by atoms with E-state index in [2.05, 4.69) is 32.1 Å². The Kier molecular flexibility index (Phi) is 5.20. The number of aryl methyl sites for hydroxylation is 2. The minimum absolute atomic E-state index is 0.0108. The van der Waals surface area contributed by atoms with Gasteiger partial charge in [-0.1, -0.05) is 0 Å². The molecule has 0 aliphatic heterocycles. The molecule has 0 radical (unpaired) electrons. The number of amides is 1. The van der Waals surface area contributed by atoms with Crippen LogP contribution in [0.1, 0.15) is 33.0 Å². The third-order valence-electron chi connectivity index (χ3n) is 3.30. The van der Waals surface area contributed by atoms with Crippen molar-refractivity contribution in [3.8, 4) is 0 Å². The molecule has 3 aromatic heterocycles. The molecule has 3 heterocycles. The predicted molar refractivity (Wildman–Crippen MR) is 96.3 cm³/mol. The van der Waals surface area contributed by atoms with Crippen LogP contribution in [0.5, 0.6) is 0 Å². The first-order valence-electron chi connectivity index (χ1n) is 7.23. The lowest BCUT2D eigenvalue weighted by Crippen LogP contribution is -2.31. The van der Waals surface area contributed by atoms with Crippen molar-refractivity contribution in [1.82, 2.24) is 15.3 Å². The largest absolute Gasteiger partial charge is 0.346 e. The van der Waals surface area contributed by atoms with Gasteiger partial charge in [-0.2, -0.15) is 11.3 Å². The van der Waals surface area contributed by atoms with E-state index in [1.807, 2.05) is 24.6 Å². The summed E-state index contributed by atoms with van der Waals surface area (Å²) in [5.74, 6) is -0.0108. The van der Waals surface area contributed by atoms with Gasteiger partial charge >= 0.3 is 0 Å². The Morgan fingerprint density at radius 3 is 2.70 bits per heavy atom. The highest BCUT2D eigenvalue weighted by atomic mass is 32.1. The van der Waals surface area contributed by atoms with Gasteiger partial charge in [-0.05, 0) is 36.2 Å². The molecule has 0 bridgehead atoms. The van der Waals surface area contributed by atoms with Crippen molar-refractivity contribution < 1.29 is 4.79 Å². The minimum atomic E-state index is -0.0875. The molecule has 3 aromatic rings. The Bertz CT molecular complexity index is 776. The molecule has 0 saturated heterocycles. The van der Waals surface area contributed by atoms with E-state index < -0.39 is 0 Å². The molecule has 120 valence electrons. The van der Waals surface area contributed by atoms with E-state index in [1.54, 1.807) is 34.0 Å². The summed E-state index contributed by atoms with van der Waals surface area (Å²) in [6, 6.07) is 2.00. The topological polar surface area (TPSA) is 54.9 Å². The molecule has 4 nitrogen and oxygen atoms in total. The van der Waals surface area contributed by atoms with Crippen molar-refractivity contribution in [3.63, 3.8) is 0 Å². The number of rotatable bonds is 6. The van der Waals surface area contributed by atoms with Crippen molar-refractivity contribution >= 4 is 39.9 Å². The number of nitrogens with zero attached hydrogens (tertiary/aromatic N) is 2. The molecule has 0 aliphatic rings. The predicted octanol–water partition coefficient (Wildman–Crippen LogP) is 3.92. The number of hydrogen-bond acceptors (Lipinski definition) is 6. The first-order chi connectivity index (χ1) is 11.1. The number of carbonyl (C=O) groups is 1. The third-order valence-corrected chi connectivity index (χ3v) is 5.93. The fraction of sp³-hybridized carbons (Fsp3) is 0.312. The van der Waals surface area contributed by atoms with Crippen LogP contribution in [-0.4, -0.2) is 15.9 Å². The van der Waals surface area contributed by atoms with Crippen LogP contribution in [-0.2, 0) is 17.6 Å². The maximum absolute atomic E-state index is 12.4.